The minimum absolute atomic E-state index is 0.0497. The molecule has 0 radical (unpaired) electrons. The fraction of sp³-hybridized carbons (Fsp3) is 0.500. The van der Waals surface area contributed by atoms with Crippen LogP contribution < -0.4 is 5.32 Å². The molecule has 15 heavy (non-hydrogen) atoms. The zero-order chi connectivity index (χ0) is 10.9. The lowest BCUT2D eigenvalue weighted by atomic mass is 10.5. The summed E-state index contributed by atoms with van der Waals surface area (Å²) in [6.07, 6.45) is 8.69. The molecule has 0 saturated carbocycles. The van der Waals surface area contributed by atoms with E-state index in [9.17, 15) is 0 Å². The number of hydrogen-bond donors (Lipinski definition) is 2. The summed E-state index contributed by atoms with van der Waals surface area (Å²) < 4.78 is 6.87. The Hall–Kier alpha value is -1.51. The quantitative estimate of drug-likeness (QED) is 0.488. The van der Waals surface area contributed by atoms with Crippen LogP contribution in [-0.2, 0) is 11.3 Å². The first kappa shape index (κ1) is 11.6. The molecule has 1 rings (SSSR count). The van der Waals surface area contributed by atoms with Crippen molar-refractivity contribution in [3.63, 3.8) is 0 Å². The predicted molar refractivity (Wildman–Crippen MR) is 57.5 cm³/mol. The van der Waals surface area contributed by atoms with Crippen LogP contribution in [-0.4, -0.2) is 41.3 Å². The average molecular weight is 209 g/mol. The van der Waals surface area contributed by atoms with Crippen molar-refractivity contribution in [2.45, 2.75) is 6.54 Å². The SMILES string of the molecule is C#CCNc1cnn(CCOCCO)c1. The highest BCUT2D eigenvalue weighted by Gasteiger charge is 1.96. The number of nitrogens with one attached hydrogen (secondary N) is 1. The lowest BCUT2D eigenvalue weighted by molar-refractivity contribution is 0.0854. The number of anilines is 1. The van der Waals surface area contributed by atoms with E-state index < -0.39 is 0 Å². The Bertz CT molecular complexity index is 317. The van der Waals surface area contributed by atoms with Crippen LogP contribution in [0.5, 0.6) is 0 Å². The number of aliphatic hydroxyl groups is 1. The summed E-state index contributed by atoms with van der Waals surface area (Å²) in [6.45, 7) is 2.11. The van der Waals surface area contributed by atoms with E-state index >= 15 is 0 Å². The molecule has 0 bridgehead atoms. The van der Waals surface area contributed by atoms with E-state index in [0.29, 0.717) is 26.3 Å². The standard InChI is InChI=1S/C10H15N3O2/c1-2-3-11-10-8-12-13(9-10)4-6-15-7-5-14/h1,8-9,11,14H,3-7H2. The van der Waals surface area contributed by atoms with Crippen molar-refractivity contribution in [2.75, 3.05) is 31.7 Å². The van der Waals surface area contributed by atoms with Gasteiger partial charge in [0.2, 0.25) is 0 Å². The highest BCUT2D eigenvalue weighted by molar-refractivity contribution is 5.39. The first-order valence-corrected chi connectivity index (χ1v) is 4.75. The van der Waals surface area contributed by atoms with Gasteiger partial charge in [-0.05, 0) is 0 Å². The van der Waals surface area contributed by atoms with Crippen molar-refractivity contribution < 1.29 is 9.84 Å². The van der Waals surface area contributed by atoms with Gasteiger partial charge in [0.1, 0.15) is 0 Å². The number of nitrogens with zero attached hydrogens (tertiary/aromatic N) is 2. The molecule has 0 aliphatic heterocycles. The van der Waals surface area contributed by atoms with Crippen molar-refractivity contribution in [3.8, 4) is 12.3 Å². The third-order valence-electron chi connectivity index (χ3n) is 1.73. The summed E-state index contributed by atoms with van der Waals surface area (Å²) in [5.41, 5.74) is 0.898. The third kappa shape index (κ3) is 4.49. The van der Waals surface area contributed by atoms with Gasteiger partial charge in [-0.1, -0.05) is 5.92 Å². The Balaban J connectivity index is 2.24. The van der Waals surface area contributed by atoms with E-state index in [1.807, 2.05) is 6.20 Å². The van der Waals surface area contributed by atoms with E-state index in [2.05, 4.69) is 16.3 Å². The topological polar surface area (TPSA) is 59.3 Å². The maximum Gasteiger partial charge on any atom is 0.0764 e. The first-order valence-electron chi connectivity index (χ1n) is 4.75. The van der Waals surface area contributed by atoms with E-state index in [0.717, 1.165) is 5.69 Å². The Labute approximate surface area is 89.1 Å². The van der Waals surface area contributed by atoms with Gasteiger partial charge in [-0.2, -0.15) is 5.10 Å². The molecule has 1 aromatic rings. The van der Waals surface area contributed by atoms with Crippen molar-refractivity contribution in [1.82, 2.24) is 9.78 Å². The number of aromatic nitrogens is 2. The minimum atomic E-state index is 0.0497. The normalized spacial score (nSPS) is 9.87. The van der Waals surface area contributed by atoms with Crippen LogP contribution in [0.25, 0.3) is 0 Å². The Morgan fingerprint density at radius 3 is 3.20 bits per heavy atom. The molecule has 82 valence electrons. The van der Waals surface area contributed by atoms with Crippen LogP contribution in [0.1, 0.15) is 0 Å². The molecule has 0 atom stereocenters. The number of terminal acetylenes is 1. The minimum Gasteiger partial charge on any atom is -0.394 e. The fourth-order valence-corrected chi connectivity index (χ4v) is 1.05. The second-order valence-electron chi connectivity index (χ2n) is 2.89. The van der Waals surface area contributed by atoms with Gasteiger partial charge in [0.25, 0.3) is 0 Å². The summed E-state index contributed by atoms with van der Waals surface area (Å²) in [4.78, 5) is 0. The molecule has 0 unspecified atom stereocenters. The van der Waals surface area contributed by atoms with Crippen molar-refractivity contribution >= 4 is 5.69 Å². The van der Waals surface area contributed by atoms with Gasteiger partial charge in [-0.3, -0.25) is 4.68 Å². The van der Waals surface area contributed by atoms with Gasteiger partial charge in [0.15, 0.2) is 0 Å². The van der Waals surface area contributed by atoms with Gasteiger partial charge in [0, 0.05) is 6.20 Å². The van der Waals surface area contributed by atoms with Crippen LogP contribution in [0.15, 0.2) is 12.4 Å². The molecule has 5 nitrogen and oxygen atoms in total. The molecule has 0 amide bonds. The van der Waals surface area contributed by atoms with Gasteiger partial charge < -0.3 is 15.2 Å². The molecule has 0 fully saturated rings. The Morgan fingerprint density at radius 1 is 1.60 bits per heavy atom. The van der Waals surface area contributed by atoms with Crippen molar-refractivity contribution in [3.05, 3.63) is 12.4 Å². The Morgan fingerprint density at radius 2 is 2.47 bits per heavy atom. The first-order chi connectivity index (χ1) is 7.36. The van der Waals surface area contributed by atoms with Crippen LogP contribution >= 0.6 is 0 Å². The summed E-state index contributed by atoms with van der Waals surface area (Å²) >= 11 is 0. The number of ether oxygens (including phenoxy) is 1. The van der Waals surface area contributed by atoms with Crippen LogP contribution in [0.3, 0.4) is 0 Å². The van der Waals surface area contributed by atoms with Crippen LogP contribution in [0.4, 0.5) is 5.69 Å². The van der Waals surface area contributed by atoms with Gasteiger partial charge in [0.05, 0.1) is 44.8 Å². The average Bonchev–Trinajstić information content (AvgIpc) is 2.69. The summed E-state index contributed by atoms with van der Waals surface area (Å²) in [7, 11) is 0. The molecule has 0 aromatic carbocycles. The maximum absolute atomic E-state index is 8.49. The Kier molecular flexibility index (Phi) is 5.30. The number of aliphatic hydroxyl groups excluding tert-OH is 1. The molecular formula is C10H15N3O2. The molecule has 2 N–H and O–H groups in total. The molecule has 5 heteroatoms. The van der Waals surface area contributed by atoms with Crippen molar-refractivity contribution in [2.24, 2.45) is 0 Å². The highest BCUT2D eigenvalue weighted by atomic mass is 16.5. The maximum atomic E-state index is 8.49. The molecule has 1 heterocycles. The smallest absolute Gasteiger partial charge is 0.0764 e. The monoisotopic (exact) mass is 209 g/mol. The van der Waals surface area contributed by atoms with E-state index in [-0.39, 0.29) is 6.61 Å². The molecule has 0 spiro atoms. The van der Waals surface area contributed by atoms with Crippen molar-refractivity contribution in [1.29, 1.82) is 0 Å². The summed E-state index contributed by atoms with van der Waals surface area (Å²) in [5.74, 6) is 2.48. The van der Waals surface area contributed by atoms with Gasteiger partial charge >= 0.3 is 0 Å². The molecule has 0 aliphatic rings. The molecular weight excluding hydrogens is 194 g/mol. The lowest BCUT2D eigenvalue weighted by Gasteiger charge is -2.01. The highest BCUT2D eigenvalue weighted by Crippen LogP contribution is 2.03. The zero-order valence-corrected chi connectivity index (χ0v) is 8.52. The third-order valence-corrected chi connectivity index (χ3v) is 1.73. The van der Waals surface area contributed by atoms with Crippen LogP contribution in [0.2, 0.25) is 0 Å². The lowest BCUT2D eigenvalue weighted by Crippen LogP contribution is -2.08. The summed E-state index contributed by atoms with van der Waals surface area (Å²) in [5, 5.41) is 15.6. The predicted octanol–water partition coefficient (Wildman–Crippen LogP) is -0.0629. The number of hydrogen-bond acceptors (Lipinski definition) is 4. The molecule has 0 aliphatic carbocycles. The fourth-order valence-electron chi connectivity index (χ4n) is 1.05. The number of rotatable bonds is 7. The van der Waals surface area contributed by atoms with Crippen LogP contribution in [0, 0.1) is 12.3 Å². The molecule has 0 saturated heterocycles. The largest absolute Gasteiger partial charge is 0.394 e. The molecule has 1 aromatic heterocycles. The zero-order valence-electron chi connectivity index (χ0n) is 8.52. The second kappa shape index (κ2) is 6.87. The summed E-state index contributed by atoms with van der Waals surface area (Å²) in [6, 6.07) is 0. The van der Waals surface area contributed by atoms with Gasteiger partial charge in [-0.25, -0.2) is 0 Å². The van der Waals surface area contributed by atoms with E-state index in [4.69, 9.17) is 16.3 Å². The van der Waals surface area contributed by atoms with E-state index in [1.54, 1.807) is 10.9 Å². The second-order valence-corrected chi connectivity index (χ2v) is 2.89. The van der Waals surface area contributed by atoms with Gasteiger partial charge in [-0.15, -0.1) is 6.42 Å². The van der Waals surface area contributed by atoms with E-state index in [1.165, 1.54) is 0 Å².